The molecule has 0 saturated heterocycles. The molecule has 2 amide bonds. The van der Waals surface area contributed by atoms with Crippen molar-refractivity contribution >= 4 is 6.03 Å². The molecule has 1 aromatic heterocycles. The Bertz CT molecular complexity index is 556. The molecule has 20 heavy (non-hydrogen) atoms. The van der Waals surface area contributed by atoms with Crippen LogP contribution in [0.15, 0.2) is 47.1 Å². The third-order valence-electron chi connectivity index (χ3n) is 3.21. The van der Waals surface area contributed by atoms with Crippen molar-refractivity contribution in [3.63, 3.8) is 0 Å². The second-order valence-corrected chi connectivity index (χ2v) is 4.69. The fraction of sp³-hybridized carbons (Fsp3) is 0.267. The molecule has 3 rings (SSSR count). The number of rotatable bonds is 4. The van der Waals surface area contributed by atoms with Gasteiger partial charge in [-0.25, -0.2) is 4.79 Å². The van der Waals surface area contributed by atoms with Crippen molar-refractivity contribution in [2.75, 3.05) is 6.54 Å². The minimum atomic E-state index is -0.221. The number of hydrogen-bond acceptors (Lipinski definition) is 3. The topological polar surface area (TPSA) is 63.5 Å². The normalized spacial score (nSPS) is 16.3. The molecular weight excluding hydrogens is 256 g/mol. The molecule has 104 valence electrons. The molecule has 0 aliphatic carbocycles. The van der Waals surface area contributed by atoms with Gasteiger partial charge in [0.1, 0.15) is 17.6 Å². The molecule has 0 fully saturated rings. The van der Waals surface area contributed by atoms with Crippen molar-refractivity contribution in [1.82, 2.24) is 10.6 Å². The molecule has 2 heterocycles. The first-order valence-electron chi connectivity index (χ1n) is 6.60. The zero-order valence-corrected chi connectivity index (χ0v) is 11.0. The van der Waals surface area contributed by atoms with Gasteiger partial charge in [-0.1, -0.05) is 18.2 Å². The summed E-state index contributed by atoms with van der Waals surface area (Å²) in [6, 6.07) is 11.3. The van der Waals surface area contributed by atoms with E-state index >= 15 is 0 Å². The molecule has 5 heteroatoms. The van der Waals surface area contributed by atoms with E-state index in [1.54, 1.807) is 12.3 Å². The number of ether oxygens (including phenoxy) is 1. The molecule has 0 saturated carbocycles. The summed E-state index contributed by atoms with van der Waals surface area (Å²) in [5.41, 5.74) is 1.19. The van der Waals surface area contributed by atoms with Crippen LogP contribution >= 0.6 is 0 Å². The van der Waals surface area contributed by atoms with Gasteiger partial charge < -0.3 is 19.8 Å². The summed E-state index contributed by atoms with van der Waals surface area (Å²) in [7, 11) is 0. The van der Waals surface area contributed by atoms with Crippen molar-refractivity contribution in [3.8, 4) is 5.75 Å². The molecule has 1 aromatic carbocycles. The molecule has 0 bridgehead atoms. The Morgan fingerprint density at radius 1 is 1.20 bits per heavy atom. The predicted octanol–water partition coefficient (Wildman–Crippen LogP) is 2.08. The number of urea groups is 1. The predicted molar refractivity (Wildman–Crippen MR) is 73.5 cm³/mol. The first-order chi connectivity index (χ1) is 9.81. The highest BCUT2D eigenvalue weighted by Crippen LogP contribution is 2.27. The molecule has 0 radical (unpaired) electrons. The van der Waals surface area contributed by atoms with Gasteiger partial charge in [0.05, 0.1) is 19.4 Å². The van der Waals surface area contributed by atoms with Crippen LogP contribution in [0.2, 0.25) is 0 Å². The Balaban J connectivity index is 1.41. The monoisotopic (exact) mass is 272 g/mol. The Hall–Kier alpha value is -2.43. The lowest BCUT2D eigenvalue weighted by Crippen LogP contribution is -2.40. The lowest BCUT2D eigenvalue weighted by Gasteiger charge is -2.12. The van der Waals surface area contributed by atoms with Gasteiger partial charge in [-0.3, -0.25) is 0 Å². The van der Waals surface area contributed by atoms with Gasteiger partial charge in [0.2, 0.25) is 0 Å². The average Bonchev–Trinajstić information content (AvgIpc) is 3.11. The van der Waals surface area contributed by atoms with E-state index in [0.29, 0.717) is 13.1 Å². The van der Waals surface area contributed by atoms with Gasteiger partial charge in [-0.05, 0) is 23.8 Å². The Morgan fingerprint density at radius 3 is 2.90 bits per heavy atom. The molecule has 2 aromatic rings. The van der Waals surface area contributed by atoms with Gasteiger partial charge in [0, 0.05) is 6.42 Å². The van der Waals surface area contributed by atoms with Crippen LogP contribution in [0.1, 0.15) is 11.3 Å². The van der Waals surface area contributed by atoms with Crippen LogP contribution in [0, 0.1) is 0 Å². The van der Waals surface area contributed by atoms with E-state index in [4.69, 9.17) is 9.15 Å². The van der Waals surface area contributed by atoms with E-state index in [0.717, 1.165) is 17.9 Å². The van der Waals surface area contributed by atoms with E-state index in [2.05, 4.69) is 10.6 Å². The fourth-order valence-electron chi connectivity index (χ4n) is 2.22. The van der Waals surface area contributed by atoms with E-state index < -0.39 is 0 Å². The summed E-state index contributed by atoms with van der Waals surface area (Å²) in [5, 5.41) is 5.54. The Morgan fingerprint density at radius 2 is 2.10 bits per heavy atom. The summed E-state index contributed by atoms with van der Waals surface area (Å²) in [6.45, 7) is 0.864. The summed E-state index contributed by atoms with van der Waals surface area (Å²) in [5.74, 6) is 1.64. The van der Waals surface area contributed by atoms with Gasteiger partial charge in [0.15, 0.2) is 0 Å². The summed E-state index contributed by atoms with van der Waals surface area (Å²) in [4.78, 5) is 11.6. The van der Waals surface area contributed by atoms with Crippen molar-refractivity contribution < 1.29 is 13.9 Å². The highest BCUT2D eigenvalue weighted by molar-refractivity contribution is 5.73. The number of furan rings is 1. The second kappa shape index (κ2) is 5.69. The SMILES string of the molecule is O=C(NCc1ccco1)NCC1Cc2ccccc2O1. The van der Waals surface area contributed by atoms with Crippen LogP contribution in [-0.4, -0.2) is 18.7 Å². The zero-order valence-electron chi connectivity index (χ0n) is 11.0. The Labute approximate surface area is 116 Å². The number of carbonyl (C=O) groups excluding carboxylic acids is 1. The third kappa shape index (κ3) is 2.93. The number of hydrogen-bond donors (Lipinski definition) is 2. The van der Waals surface area contributed by atoms with E-state index in [1.165, 1.54) is 5.56 Å². The van der Waals surface area contributed by atoms with E-state index in [1.807, 2.05) is 30.3 Å². The van der Waals surface area contributed by atoms with Crippen LogP contribution in [-0.2, 0) is 13.0 Å². The summed E-state index contributed by atoms with van der Waals surface area (Å²) in [6.07, 6.45) is 2.41. The Kier molecular flexibility index (Phi) is 3.58. The minimum absolute atomic E-state index is 0.00163. The first-order valence-corrected chi connectivity index (χ1v) is 6.60. The molecular formula is C15H16N2O3. The number of nitrogens with one attached hydrogen (secondary N) is 2. The summed E-state index contributed by atoms with van der Waals surface area (Å²) < 4.78 is 10.9. The smallest absolute Gasteiger partial charge is 0.315 e. The molecule has 1 unspecified atom stereocenters. The first kappa shape index (κ1) is 12.6. The minimum Gasteiger partial charge on any atom is -0.488 e. The van der Waals surface area contributed by atoms with Crippen LogP contribution in [0.4, 0.5) is 4.79 Å². The molecule has 2 N–H and O–H groups in total. The lowest BCUT2D eigenvalue weighted by molar-refractivity contribution is 0.213. The van der Waals surface area contributed by atoms with Crippen LogP contribution < -0.4 is 15.4 Å². The van der Waals surface area contributed by atoms with E-state index in [9.17, 15) is 4.79 Å². The average molecular weight is 272 g/mol. The molecule has 0 spiro atoms. The number of carbonyl (C=O) groups is 1. The zero-order chi connectivity index (χ0) is 13.8. The maximum atomic E-state index is 11.6. The largest absolute Gasteiger partial charge is 0.488 e. The van der Waals surface area contributed by atoms with Crippen molar-refractivity contribution in [1.29, 1.82) is 0 Å². The number of para-hydroxylation sites is 1. The maximum Gasteiger partial charge on any atom is 0.315 e. The van der Waals surface area contributed by atoms with Gasteiger partial charge in [0.25, 0.3) is 0 Å². The molecule has 1 aliphatic rings. The number of fused-ring (bicyclic) bond motifs is 1. The van der Waals surface area contributed by atoms with Crippen molar-refractivity contribution in [2.45, 2.75) is 19.1 Å². The van der Waals surface area contributed by atoms with Gasteiger partial charge in [-0.15, -0.1) is 0 Å². The number of amides is 2. The van der Waals surface area contributed by atoms with Crippen molar-refractivity contribution in [2.24, 2.45) is 0 Å². The quantitative estimate of drug-likeness (QED) is 0.895. The second-order valence-electron chi connectivity index (χ2n) is 4.69. The molecule has 1 atom stereocenters. The lowest BCUT2D eigenvalue weighted by atomic mass is 10.1. The van der Waals surface area contributed by atoms with Crippen LogP contribution in [0.5, 0.6) is 5.75 Å². The highest BCUT2D eigenvalue weighted by Gasteiger charge is 2.22. The molecule has 5 nitrogen and oxygen atoms in total. The van der Waals surface area contributed by atoms with Crippen molar-refractivity contribution in [3.05, 3.63) is 54.0 Å². The van der Waals surface area contributed by atoms with Gasteiger partial charge >= 0.3 is 6.03 Å². The summed E-state index contributed by atoms with van der Waals surface area (Å²) >= 11 is 0. The van der Waals surface area contributed by atoms with E-state index in [-0.39, 0.29) is 12.1 Å². The van der Waals surface area contributed by atoms with Gasteiger partial charge in [-0.2, -0.15) is 0 Å². The standard InChI is InChI=1S/C15H16N2O3/c18-15(16-9-12-5-3-7-19-12)17-10-13-8-11-4-1-2-6-14(11)20-13/h1-7,13H,8-10H2,(H2,16,17,18). The number of benzene rings is 1. The van der Waals surface area contributed by atoms with Crippen LogP contribution in [0.3, 0.4) is 0 Å². The fourth-order valence-corrected chi connectivity index (χ4v) is 2.22. The molecule has 1 aliphatic heterocycles. The maximum absolute atomic E-state index is 11.6. The third-order valence-corrected chi connectivity index (χ3v) is 3.21. The van der Waals surface area contributed by atoms with Crippen LogP contribution in [0.25, 0.3) is 0 Å². The highest BCUT2D eigenvalue weighted by atomic mass is 16.5.